The summed E-state index contributed by atoms with van der Waals surface area (Å²) in [6, 6.07) is -0.253. The molecule has 0 heterocycles. The van der Waals surface area contributed by atoms with Gasteiger partial charge in [-0.3, -0.25) is 4.79 Å². The number of Topliss-reactive ketones (excluding diaryl/α,β-unsaturated/α-hetero) is 1. The van der Waals surface area contributed by atoms with E-state index in [1.807, 2.05) is 0 Å². The third kappa shape index (κ3) is 6.38. The van der Waals surface area contributed by atoms with Crippen molar-refractivity contribution >= 4 is 17.5 Å². The Labute approximate surface area is 72.9 Å². The van der Waals surface area contributed by atoms with Gasteiger partial charge in [0.1, 0.15) is 5.78 Å². The highest BCUT2D eigenvalue weighted by molar-refractivity contribution is 7.99. The van der Waals surface area contributed by atoms with Crippen LogP contribution in [-0.2, 0) is 4.79 Å². The number of hydrogen-bond acceptors (Lipinski definition) is 3. The Hall–Kier alpha value is -0.0200. The monoisotopic (exact) mass is 175 g/mol. The second-order valence-corrected chi connectivity index (χ2v) is 3.80. The van der Waals surface area contributed by atoms with Gasteiger partial charge >= 0.3 is 0 Å². The van der Waals surface area contributed by atoms with Crippen molar-refractivity contribution in [3.8, 4) is 0 Å². The summed E-state index contributed by atoms with van der Waals surface area (Å²) in [6.07, 6.45) is 2.43. The van der Waals surface area contributed by atoms with E-state index in [4.69, 9.17) is 5.73 Å². The van der Waals surface area contributed by atoms with Gasteiger partial charge in [-0.2, -0.15) is 11.8 Å². The van der Waals surface area contributed by atoms with Crippen molar-refractivity contribution in [2.45, 2.75) is 32.7 Å². The normalized spacial score (nSPS) is 13.0. The average molecular weight is 175 g/mol. The summed E-state index contributed by atoms with van der Waals surface area (Å²) in [6.45, 7) is 3.70. The van der Waals surface area contributed by atoms with Gasteiger partial charge in [0, 0.05) is 5.75 Å². The first-order chi connectivity index (χ1) is 5.18. The Morgan fingerprint density at radius 3 is 2.73 bits per heavy atom. The SMILES string of the molecule is CCCCSCC(N)C(C)=O. The molecule has 0 aliphatic rings. The van der Waals surface area contributed by atoms with Crippen molar-refractivity contribution in [3.63, 3.8) is 0 Å². The lowest BCUT2D eigenvalue weighted by Gasteiger charge is -2.05. The van der Waals surface area contributed by atoms with Crippen molar-refractivity contribution in [1.29, 1.82) is 0 Å². The van der Waals surface area contributed by atoms with Crippen LogP contribution in [0.3, 0.4) is 0 Å². The van der Waals surface area contributed by atoms with Crippen LogP contribution < -0.4 is 5.73 Å². The summed E-state index contributed by atoms with van der Waals surface area (Å²) in [5.41, 5.74) is 5.53. The molecular weight excluding hydrogens is 158 g/mol. The molecule has 0 radical (unpaired) electrons. The van der Waals surface area contributed by atoms with Crippen LogP contribution in [0, 0.1) is 0 Å². The fourth-order valence-electron chi connectivity index (χ4n) is 0.574. The molecule has 0 saturated heterocycles. The zero-order valence-corrected chi connectivity index (χ0v) is 8.12. The van der Waals surface area contributed by atoms with Crippen molar-refractivity contribution < 1.29 is 4.79 Å². The molecule has 66 valence electrons. The van der Waals surface area contributed by atoms with E-state index in [0.29, 0.717) is 0 Å². The number of hydrogen-bond donors (Lipinski definition) is 1. The third-order valence-electron chi connectivity index (χ3n) is 1.46. The molecule has 0 fully saturated rings. The average Bonchev–Trinajstić information content (AvgIpc) is 1.97. The highest BCUT2D eigenvalue weighted by Crippen LogP contribution is 2.05. The van der Waals surface area contributed by atoms with E-state index in [1.165, 1.54) is 12.8 Å². The molecular formula is C8H17NOS. The first kappa shape index (κ1) is 11.0. The van der Waals surface area contributed by atoms with E-state index < -0.39 is 0 Å². The molecule has 0 saturated carbocycles. The Balaban J connectivity index is 3.17. The van der Waals surface area contributed by atoms with Crippen LogP contribution in [0.1, 0.15) is 26.7 Å². The third-order valence-corrected chi connectivity index (χ3v) is 2.63. The fraction of sp³-hybridized carbons (Fsp3) is 0.875. The van der Waals surface area contributed by atoms with Crippen LogP contribution in [-0.4, -0.2) is 23.3 Å². The van der Waals surface area contributed by atoms with Gasteiger partial charge in [0.15, 0.2) is 0 Å². The van der Waals surface area contributed by atoms with Gasteiger partial charge in [0.25, 0.3) is 0 Å². The van der Waals surface area contributed by atoms with Gasteiger partial charge in [0.05, 0.1) is 6.04 Å². The topological polar surface area (TPSA) is 43.1 Å². The number of ketones is 1. The van der Waals surface area contributed by atoms with Crippen molar-refractivity contribution in [2.24, 2.45) is 5.73 Å². The number of carbonyl (C=O) groups is 1. The predicted octanol–water partition coefficient (Wildman–Crippen LogP) is 1.44. The van der Waals surface area contributed by atoms with E-state index in [2.05, 4.69) is 6.92 Å². The van der Waals surface area contributed by atoms with Crippen LogP contribution in [0.4, 0.5) is 0 Å². The van der Waals surface area contributed by atoms with Gasteiger partial charge in [-0.05, 0) is 19.1 Å². The maximum absolute atomic E-state index is 10.7. The summed E-state index contributed by atoms with van der Waals surface area (Å²) in [7, 11) is 0. The summed E-state index contributed by atoms with van der Waals surface area (Å²) in [5.74, 6) is 1.99. The summed E-state index contributed by atoms with van der Waals surface area (Å²) < 4.78 is 0. The lowest BCUT2D eigenvalue weighted by atomic mass is 10.3. The van der Waals surface area contributed by atoms with Crippen LogP contribution in [0.15, 0.2) is 0 Å². The van der Waals surface area contributed by atoms with Crippen LogP contribution >= 0.6 is 11.8 Å². The Morgan fingerprint density at radius 1 is 1.64 bits per heavy atom. The van der Waals surface area contributed by atoms with Crippen LogP contribution in [0.5, 0.6) is 0 Å². The molecule has 0 aliphatic heterocycles. The molecule has 1 atom stereocenters. The number of thioether (sulfide) groups is 1. The molecule has 0 aliphatic carbocycles. The molecule has 0 aromatic heterocycles. The van der Waals surface area contributed by atoms with Crippen LogP contribution in [0.25, 0.3) is 0 Å². The second kappa shape index (κ2) is 6.68. The number of carbonyl (C=O) groups excluding carboxylic acids is 1. The fourth-order valence-corrected chi connectivity index (χ4v) is 1.72. The molecule has 0 amide bonds. The minimum absolute atomic E-state index is 0.0917. The van der Waals surface area contributed by atoms with Crippen LogP contribution in [0.2, 0.25) is 0 Å². The predicted molar refractivity (Wildman–Crippen MR) is 50.9 cm³/mol. The van der Waals surface area contributed by atoms with E-state index in [1.54, 1.807) is 18.7 Å². The highest BCUT2D eigenvalue weighted by atomic mass is 32.2. The minimum Gasteiger partial charge on any atom is -0.321 e. The van der Waals surface area contributed by atoms with E-state index >= 15 is 0 Å². The van der Waals surface area contributed by atoms with E-state index in [9.17, 15) is 4.79 Å². The van der Waals surface area contributed by atoms with Crippen molar-refractivity contribution in [2.75, 3.05) is 11.5 Å². The van der Waals surface area contributed by atoms with Crippen molar-refractivity contribution in [1.82, 2.24) is 0 Å². The van der Waals surface area contributed by atoms with Gasteiger partial charge < -0.3 is 5.73 Å². The van der Waals surface area contributed by atoms with Gasteiger partial charge in [-0.25, -0.2) is 0 Å². The summed E-state index contributed by atoms with van der Waals surface area (Å²) in [4.78, 5) is 10.7. The quantitative estimate of drug-likeness (QED) is 0.621. The maximum atomic E-state index is 10.7. The standard InChI is InChI=1S/C8H17NOS/c1-3-4-5-11-6-8(9)7(2)10/h8H,3-6,9H2,1-2H3. The summed E-state index contributed by atoms with van der Waals surface area (Å²) >= 11 is 1.77. The number of rotatable bonds is 6. The zero-order chi connectivity index (χ0) is 8.69. The Morgan fingerprint density at radius 2 is 2.27 bits per heavy atom. The Bertz CT molecular complexity index is 117. The molecule has 0 rings (SSSR count). The number of unbranched alkanes of at least 4 members (excludes halogenated alkanes) is 1. The Kier molecular flexibility index (Phi) is 6.66. The first-order valence-corrected chi connectivity index (χ1v) is 5.17. The summed E-state index contributed by atoms with van der Waals surface area (Å²) in [5, 5.41) is 0. The molecule has 3 heteroatoms. The molecule has 11 heavy (non-hydrogen) atoms. The molecule has 0 bridgehead atoms. The molecule has 0 aromatic rings. The smallest absolute Gasteiger partial charge is 0.147 e. The van der Waals surface area contributed by atoms with Gasteiger partial charge in [-0.1, -0.05) is 13.3 Å². The minimum atomic E-state index is -0.253. The van der Waals surface area contributed by atoms with Gasteiger partial charge in [0.2, 0.25) is 0 Å². The molecule has 2 nitrogen and oxygen atoms in total. The largest absolute Gasteiger partial charge is 0.321 e. The van der Waals surface area contributed by atoms with Gasteiger partial charge in [-0.15, -0.1) is 0 Å². The molecule has 0 spiro atoms. The van der Waals surface area contributed by atoms with Crippen molar-refractivity contribution in [3.05, 3.63) is 0 Å². The van der Waals surface area contributed by atoms with E-state index in [0.717, 1.165) is 11.5 Å². The first-order valence-electron chi connectivity index (χ1n) is 4.02. The highest BCUT2D eigenvalue weighted by Gasteiger charge is 2.06. The lowest BCUT2D eigenvalue weighted by molar-refractivity contribution is -0.117. The molecule has 2 N–H and O–H groups in total. The lowest BCUT2D eigenvalue weighted by Crippen LogP contribution is -2.30. The molecule has 1 unspecified atom stereocenters. The second-order valence-electron chi connectivity index (χ2n) is 2.65. The zero-order valence-electron chi connectivity index (χ0n) is 7.30. The maximum Gasteiger partial charge on any atom is 0.147 e. The number of nitrogens with two attached hydrogens (primary N) is 1. The van der Waals surface area contributed by atoms with E-state index in [-0.39, 0.29) is 11.8 Å². The molecule has 0 aromatic carbocycles.